The lowest BCUT2D eigenvalue weighted by molar-refractivity contribution is 0.0459. The summed E-state index contributed by atoms with van der Waals surface area (Å²) >= 11 is 0. The molecule has 0 saturated heterocycles. The molecule has 5 nitrogen and oxygen atoms in total. The highest BCUT2D eigenvalue weighted by molar-refractivity contribution is 5.89. The molecule has 2 N–H and O–H groups in total. The number of nitrogens with zero attached hydrogens (tertiary/aromatic N) is 1. The minimum Gasteiger partial charge on any atom is -0.493 e. The van der Waals surface area contributed by atoms with Crippen LogP contribution in [0.4, 0.5) is 5.69 Å². The van der Waals surface area contributed by atoms with Crippen molar-refractivity contribution in [2.24, 2.45) is 7.05 Å². The highest BCUT2D eigenvalue weighted by Gasteiger charge is 2.25. The van der Waals surface area contributed by atoms with Gasteiger partial charge in [-0.1, -0.05) is 18.2 Å². The van der Waals surface area contributed by atoms with Crippen molar-refractivity contribution in [3.8, 4) is 5.75 Å². The number of carbonyl (C=O) groups is 1. The standard InChI is InChI=1S/C15H16N2O3/c1-17-7-11(16)6-13(17)15(18)20-9-10-8-19-14-5-3-2-4-12(10)14/h2-7,10H,8-9,16H2,1H3. The van der Waals surface area contributed by atoms with E-state index in [1.54, 1.807) is 23.9 Å². The first kappa shape index (κ1) is 12.6. The molecule has 0 radical (unpaired) electrons. The second-order valence-corrected chi connectivity index (χ2v) is 4.91. The average molecular weight is 272 g/mol. The predicted molar refractivity (Wildman–Crippen MR) is 74.8 cm³/mol. The van der Waals surface area contributed by atoms with Crippen molar-refractivity contribution in [3.05, 3.63) is 47.8 Å². The van der Waals surface area contributed by atoms with Crippen molar-refractivity contribution in [2.45, 2.75) is 5.92 Å². The van der Waals surface area contributed by atoms with E-state index in [-0.39, 0.29) is 11.9 Å². The van der Waals surface area contributed by atoms with E-state index in [2.05, 4.69) is 0 Å². The number of rotatable bonds is 3. The maximum absolute atomic E-state index is 12.0. The first-order valence-electron chi connectivity index (χ1n) is 6.46. The van der Waals surface area contributed by atoms with Gasteiger partial charge in [-0.25, -0.2) is 4.79 Å². The molecule has 0 saturated carbocycles. The van der Waals surface area contributed by atoms with Gasteiger partial charge in [-0.05, 0) is 12.1 Å². The molecule has 0 spiro atoms. The van der Waals surface area contributed by atoms with Crippen molar-refractivity contribution < 1.29 is 14.3 Å². The number of hydrogen-bond acceptors (Lipinski definition) is 4. The van der Waals surface area contributed by atoms with Crippen LogP contribution in [0.3, 0.4) is 0 Å². The Morgan fingerprint density at radius 2 is 2.30 bits per heavy atom. The van der Waals surface area contributed by atoms with Crippen LogP contribution in [0.5, 0.6) is 5.75 Å². The molecule has 1 aliphatic rings. The van der Waals surface area contributed by atoms with Crippen LogP contribution in [-0.4, -0.2) is 23.8 Å². The third-order valence-electron chi connectivity index (χ3n) is 3.45. The summed E-state index contributed by atoms with van der Waals surface area (Å²) in [5.74, 6) is 0.595. The van der Waals surface area contributed by atoms with E-state index in [1.165, 1.54) is 0 Å². The van der Waals surface area contributed by atoms with Gasteiger partial charge in [-0.3, -0.25) is 0 Å². The molecule has 1 aromatic heterocycles. The van der Waals surface area contributed by atoms with Crippen molar-refractivity contribution in [1.82, 2.24) is 4.57 Å². The lowest BCUT2D eigenvalue weighted by Crippen LogP contribution is -2.16. The summed E-state index contributed by atoms with van der Waals surface area (Å²) in [5, 5.41) is 0. The molecule has 1 atom stereocenters. The number of benzene rings is 1. The third kappa shape index (κ3) is 2.22. The minimum atomic E-state index is -0.367. The second-order valence-electron chi connectivity index (χ2n) is 4.91. The first-order chi connectivity index (χ1) is 9.65. The summed E-state index contributed by atoms with van der Waals surface area (Å²) in [7, 11) is 1.76. The highest BCUT2D eigenvalue weighted by Crippen LogP contribution is 2.33. The van der Waals surface area contributed by atoms with Crippen LogP contribution >= 0.6 is 0 Å². The van der Waals surface area contributed by atoms with Crippen LogP contribution in [0, 0.1) is 0 Å². The number of ether oxygens (including phenoxy) is 2. The molecule has 0 bridgehead atoms. The molecule has 2 heterocycles. The Labute approximate surface area is 116 Å². The topological polar surface area (TPSA) is 66.5 Å². The van der Waals surface area contributed by atoms with Gasteiger partial charge in [0.1, 0.15) is 18.1 Å². The molecule has 0 amide bonds. The molecule has 20 heavy (non-hydrogen) atoms. The van der Waals surface area contributed by atoms with Crippen molar-refractivity contribution in [3.63, 3.8) is 0 Å². The van der Waals surface area contributed by atoms with Gasteiger partial charge >= 0.3 is 5.97 Å². The molecule has 2 aromatic rings. The first-order valence-corrected chi connectivity index (χ1v) is 6.46. The number of nitrogen functional groups attached to an aromatic ring is 1. The Hall–Kier alpha value is -2.43. The summed E-state index contributed by atoms with van der Waals surface area (Å²) in [6, 6.07) is 9.43. The van der Waals surface area contributed by atoms with Crippen LogP contribution in [0.2, 0.25) is 0 Å². The number of para-hydroxylation sites is 1. The van der Waals surface area contributed by atoms with Gasteiger partial charge in [0.15, 0.2) is 0 Å². The Morgan fingerprint density at radius 1 is 1.50 bits per heavy atom. The maximum atomic E-state index is 12.0. The molecule has 1 unspecified atom stereocenters. The van der Waals surface area contributed by atoms with E-state index in [1.807, 2.05) is 24.3 Å². The SMILES string of the molecule is Cn1cc(N)cc1C(=O)OCC1COc2ccccc21. The molecule has 3 rings (SSSR count). The van der Waals surface area contributed by atoms with Gasteiger partial charge in [-0.15, -0.1) is 0 Å². The van der Waals surface area contributed by atoms with Crippen molar-refractivity contribution in [2.75, 3.05) is 18.9 Å². The average Bonchev–Trinajstić information content (AvgIpc) is 2.99. The Morgan fingerprint density at radius 3 is 3.05 bits per heavy atom. The number of carbonyl (C=O) groups excluding carboxylic acids is 1. The van der Waals surface area contributed by atoms with Crippen molar-refractivity contribution >= 4 is 11.7 Å². The zero-order chi connectivity index (χ0) is 14.1. The molecule has 5 heteroatoms. The Bertz CT molecular complexity index is 648. The molecular formula is C15H16N2O3. The fourth-order valence-corrected chi connectivity index (χ4v) is 2.41. The highest BCUT2D eigenvalue weighted by atomic mass is 16.5. The van der Waals surface area contributed by atoms with Gasteiger partial charge in [-0.2, -0.15) is 0 Å². The van der Waals surface area contributed by atoms with Crippen molar-refractivity contribution in [1.29, 1.82) is 0 Å². The normalized spacial score (nSPS) is 16.6. The smallest absolute Gasteiger partial charge is 0.355 e. The Balaban J connectivity index is 1.66. The number of nitrogens with two attached hydrogens (primary N) is 1. The number of fused-ring (bicyclic) bond motifs is 1. The molecule has 0 aliphatic carbocycles. The number of esters is 1. The van der Waals surface area contributed by atoms with Crippen LogP contribution in [0.25, 0.3) is 0 Å². The van der Waals surface area contributed by atoms with Gasteiger partial charge in [0.2, 0.25) is 0 Å². The summed E-state index contributed by atoms with van der Waals surface area (Å²) in [5.41, 5.74) is 7.74. The van der Waals surface area contributed by atoms with Crippen LogP contribution < -0.4 is 10.5 Å². The summed E-state index contributed by atoms with van der Waals surface area (Å²) < 4.78 is 12.6. The summed E-state index contributed by atoms with van der Waals surface area (Å²) in [6.45, 7) is 0.850. The van der Waals surface area contributed by atoms with E-state index in [9.17, 15) is 4.79 Å². The van der Waals surface area contributed by atoms with Crippen LogP contribution in [0.15, 0.2) is 36.5 Å². The lowest BCUT2D eigenvalue weighted by Gasteiger charge is -2.10. The molecular weight excluding hydrogens is 256 g/mol. The second kappa shape index (κ2) is 4.92. The molecule has 1 aromatic carbocycles. The zero-order valence-corrected chi connectivity index (χ0v) is 11.2. The fourth-order valence-electron chi connectivity index (χ4n) is 2.41. The third-order valence-corrected chi connectivity index (χ3v) is 3.45. The summed E-state index contributed by atoms with van der Waals surface area (Å²) in [4.78, 5) is 12.0. The fraction of sp³-hybridized carbons (Fsp3) is 0.267. The monoisotopic (exact) mass is 272 g/mol. The van der Waals surface area contributed by atoms with E-state index in [0.29, 0.717) is 24.6 Å². The number of hydrogen-bond donors (Lipinski definition) is 1. The van der Waals surface area contributed by atoms with E-state index in [0.717, 1.165) is 11.3 Å². The van der Waals surface area contributed by atoms with Gasteiger partial charge in [0, 0.05) is 18.8 Å². The van der Waals surface area contributed by atoms with Gasteiger partial charge in [0.05, 0.1) is 18.2 Å². The zero-order valence-electron chi connectivity index (χ0n) is 11.2. The van der Waals surface area contributed by atoms with E-state index < -0.39 is 0 Å². The van der Waals surface area contributed by atoms with Crippen LogP contribution in [0.1, 0.15) is 22.0 Å². The van der Waals surface area contributed by atoms with Crippen LogP contribution in [-0.2, 0) is 11.8 Å². The largest absolute Gasteiger partial charge is 0.493 e. The number of aromatic nitrogens is 1. The maximum Gasteiger partial charge on any atom is 0.355 e. The minimum absolute atomic E-state index is 0.0905. The van der Waals surface area contributed by atoms with Gasteiger partial charge in [0.25, 0.3) is 0 Å². The predicted octanol–water partition coefficient (Wildman–Crippen LogP) is 1.94. The number of aryl methyl sites for hydroxylation is 1. The molecule has 0 fully saturated rings. The van der Waals surface area contributed by atoms with E-state index >= 15 is 0 Å². The quantitative estimate of drug-likeness (QED) is 0.867. The van der Waals surface area contributed by atoms with Gasteiger partial charge < -0.3 is 19.8 Å². The number of anilines is 1. The molecule has 1 aliphatic heterocycles. The lowest BCUT2D eigenvalue weighted by atomic mass is 10.0. The van der Waals surface area contributed by atoms with E-state index in [4.69, 9.17) is 15.2 Å². The molecule has 104 valence electrons. The Kier molecular flexibility index (Phi) is 3.10. The summed E-state index contributed by atoms with van der Waals surface area (Å²) in [6.07, 6.45) is 1.69.